The zero-order valence-corrected chi connectivity index (χ0v) is 18.4. The number of hydrogen-bond donors (Lipinski definition) is 1. The molecule has 3 aromatic carbocycles. The molecule has 0 bridgehead atoms. The molecule has 0 aliphatic carbocycles. The molecule has 2 amide bonds. The maximum absolute atomic E-state index is 14.7. The van der Waals surface area contributed by atoms with E-state index in [1.54, 1.807) is 24.3 Å². The highest BCUT2D eigenvalue weighted by atomic mass is 32.2. The Morgan fingerprint density at radius 3 is 2.42 bits per heavy atom. The van der Waals surface area contributed by atoms with E-state index < -0.39 is 34.2 Å². The largest absolute Gasteiger partial charge is 0.497 e. The smallest absolute Gasteiger partial charge is 0.264 e. The van der Waals surface area contributed by atoms with E-state index in [2.05, 4.69) is 5.32 Å². The molecule has 4 rings (SSSR count). The molecule has 0 saturated heterocycles. The Labute approximate surface area is 190 Å². The lowest BCUT2D eigenvalue weighted by atomic mass is 10.2. The van der Waals surface area contributed by atoms with Crippen LogP contribution in [0.2, 0.25) is 0 Å². The molecule has 1 aliphatic rings. The van der Waals surface area contributed by atoms with Gasteiger partial charge in [0.15, 0.2) is 0 Å². The normalized spacial score (nSPS) is 13.2. The lowest BCUT2D eigenvalue weighted by Gasteiger charge is -2.32. The molecule has 1 N–H and O–H groups in total. The molecule has 8 nitrogen and oxygen atoms in total. The van der Waals surface area contributed by atoms with Crippen LogP contribution >= 0.6 is 0 Å². The van der Waals surface area contributed by atoms with Gasteiger partial charge in [-0.05, 0) is 48.5 Å². The average Bonchev–Trinajstić information content (AvgIpc) is 2.82. The number of halogens is 1. The Balaban J connectivity index is 1.74. The molecule has 3 aromatic rings. The molecule has 0 aromatic heterocycles. The number of nitrogens with zero attached hydrogens (tertiary/aromatic N) is 2. The molecular formula is C23H20FN3O5S. The molecule has 1 aliphatic heterocycles. The predicted molar refractivity (Wildman–Crippen MR) is 121 cm³/mol. The molecule has 0 saturated carbocycles. The van der Waals surface area contributed by atoms with Gasteiger partial charge in [-0.3, -0.25) is 18.8 Å². The molecule has 33 heavy (non-hydrogen) atoms. The first-order valence-corrected chi connectivity index (χ1v) is 11.4. The molecule has 0 fully saturated rings. The fourth-order valence-electron chi connectivity index (χ4n) is 3.49. The minimum atomic E-state index is -4.34. The predicted octanol–water partition coefficient (Wildman–Crippen LogP) is 3.01. The van der Waals surface area contributed by atoms with Crippen molar-refractivity contribution in [3.63, 3.8) is 0 Å². The lowest BCUT2D eigenvalue weighted by molar-refractivity contribution is -0.121. The summed E-state index contributed by atoms with van der Waals surface area (Å²) in [6.07, 6.45) is 0. The Morgan fingerprint density at radius 1 is 1.06 bits per heavy atom. The van der Waals surface area contributed by atoms with E-state index in [4.69, 9.17) is 4.74 Å². The van der Waals surface area contributed by atoms with Gasteiger partial charge in [0, 0.05) is 0 Å². The topological polar surface area (TPSA) is 96.0 Å². The molecule has 1 heterocycles. The number of ether oxygens (including phenoxy) is 1. The van der Waals surface area contributed by atoms with Crippen molar-refractivity contribution in [2.75, 3.05) is 34.7 Å². The van der Waals surface area contributed by atoms with Crippen LogP contribution in [0.25, 0.3) is 0 Å². The van der Waals surface area contributed by atoms with Crippen molar-refractivity contribution < 1.29 is 27.1 Å². The molecule has 0 radical (unpaired) electrons. The van der Waals surface area contributed by atoms with Gasteiger partial charge in [0.1, 0.15) is 24.7 Å². The summed E-state index contributed by atoms with van der Waals surface area (Å²) in [7, 11) is -2.89. The summed E-state index contributed by atoms with van der Waals surface area (Å²) in [6, 6.07) is 17.5. The first-order chi connectivity index (χ1) is 15.8. The highest BCUT2D eigenvalue weighted by molar-refractivity contribution is 7.92. The van der Waals surface area contributed by atoms with Crippen molar-refractivity contribution in [2.45, 2.75) is 4.90 Å². The lowest BCUT2D eigenvalue weighted by Crippen LogP contribution is -2.48. The fraction of sp³-hybridized carbons (Fsp3) is 0.130. The second-order valence-corrected chi connectivity index (χ2v) is 9.05. The van der Waals surface area contributed by atoms with Crippen LogP contribution in [0.5, 0.6) is 5.75 Å². The quantitative estimate of drug-likeness (QED) is 0.599. The standard InChI is InChI=1S/C23H20FN3O5S/c1-32-16-10-12-17(13-11-16)33(30,31)27(20-8-4-2-6-18(20)24)15-23(29)26-14-22(28)25-19-7-3-5-9-21(19)26/h2-13H,14-15H2,1H3,(H,25,28). The zero-order valence-electron chi connectivity index (χ0n) is 17.6. The SMILES string of the molecule is COc1ccc(S(=O)(=O)N(CC(=O)N2CC(=O)Nc3ccccc32)c2ccccc2F)cc1. The number of fused-ring (bicyclic) bond motifs is 1. The number of methoxy groups -OCH3 is 1. The summed E-state index contributed by atoms with van der Waals surface area (Å²) in [5.74, 6) is -1.47. The van der Waals surface area contributed by atoms with E-state index >= 15 is 0 Å². The van der Waals surface area contributed by atoms with Gasteiger partial charge >= 0.3 is 0 Å². The molecule has 0 unspecified atom stereocenters. The van der Waals surface area contributed by atoms with Crippen LogP contribution in [-0.4, -0.2) is 40.4 Å². The molecule has 0 spiro atoms. The number of carbonyl (C=O) groups is 2. The number of rotatable bonds is 6. The third kappa shape index (κ3) is 4.37. The summed E-state index contributed by atoms with van der Waals surface area (Å²) < 4.78 is 47.4. The number of para-hydroxylation sites is 3. The van der Waals surface area contributed by atoms with Crippen molar-refractivity contribution in [1.29, 1.82) is 0 Å². The summed E-state index contributed by atoms with van der Waals surface area (Å²) in [5.41, 5.74) is 0.575. The minimum absolute atomic E-state index is 0.142. The maximum Gasteiger partial charge on any atom is 0.264 e. The van der Waals surface area contributed by atoms with Gasteiger partial charge in [-0.1, -0.05) is 24.3 Å². The van der Waals surface area contributed by atoms with Crippen molar-refractivity contribution in [2.24, 2.45) is 0 Å². The molecular weight excluding hydrogens is 449 g/mol. The number of amides is 2. The van der Waals surface area contributed by atoms with Gasteiger partial charge in [-0.15, -0.1) is 0 Å². The Kier molecular flexibility index (Phi) is 6.01. The van der Waals surface area contributed by atoms with E-state index in [0.29, 0.717) is 21.4 Å². The Morgan fingerprint density at radius 2 is 1.73 bits per heavy atom. The van der Waals surface area contributed by atoms with Gasteiger partial charge in [0.05, 0.1) is 29.1 Å². The first-order valence-electron chi connectivity index (χ1n) is 9.92. The van der Waals surface area contributed by atoms with Crippen molar-refractivity contribution in [3.8, 4) is 5.75 Å². The van der Waals surface area contributed by atoms with Crippen molar-refractivity contribution in [3.05, 3.63) is 78.6 Å². The van der Waals surface area contributed by atoms with E-state index in [0.717, 1.165) is 6.07 Å². The average molecular weight is 469 g/mol. The maximum atomic E-state index is 14.7. The number of benzene rings is 3. The van der Waals surface area contributed by atoms with Crippen LogP contribution in [0.4, 0.5) is 21.5 Å². The summed E-state index contributed by atoms with van der Waals surface area (Å²) in [6.45, 7) is -1.000. The number of sulfonamides is 1. The zero-order chi connectivity index (χ0) is 23.6. The number of anilines is 3. The second kappa shape index (κ2) is 8.91. The number of nitrogens with one attached hydrogen (secondary N) is 1. The van der Waals surface area contributed by atoms with Crippen LogP contribution in [0.3, 0.4) is 0 Å². The van der Waals surface area contributed by atoms with Gasteiger partial charge in [-0.25, -0.2) is 12.8 Å². The first kappa shape index (κ1) is 22.3. The fourth-order valence-corrected chi connectivity index (χ4v) is 4.91. The van der Waals surface area contributed by atoms with Crippen LogP contribution in [0, 0.1) is 5.82 Å². The van der Waals surface area contributed by atoms with Crippen molar-refractivity contribution >= 4 is 38.9 Å². The van der Waals surface area contributed by atoms with Crippen molar-refractivity contribution in [1.82, 2.24) is 0 Å². The van der Waals surface area contributed by atoms with Gasteiger partial charge in [0.25, 0.3) is 10.0 Å². The van der Waals surface area contributed by atoms with Gasteiger partial charge < -0.3 is 10.1 Å². The summed E-state index contributed by atoms with van der Waals surface area (Å²) >= 11 is 0. The summed E-state index contributed by atoms with van der Waals surface area (Å²) in [4.78, 5) is 26.4. The van der Waals surface area contributed by atoms with Crippen LogP contribution in [-0.2, 0) is 19.6 Å². The van der Waals surface area contributed by atoms with E-state index in [1.165, 1.54) is 54.5 Å². The van der Waals surface area contributed by atoms with Crippen LogP contribution in [0.1, 0.15) is 0 Å². The molecule has 0 atom stereocenters. The van der Waals surface area contributed by atoms with Gasteiger partial charge in [0.2, 0.25) is 11.8 Å². The van der Waals surface area contributed by atoms with Crippen LogP contribution < -0.4 is 19.3 Å². The third-order valence-corrected chi connectivity index (χ3v) is 6.89. The highest BCUT2D eigenvalue weighted by Gasteiger charge is 2.33. The molecule has 10 heteroatoms. The molecule has 170 valence electrons. The third-order valence-electron chi connectivity index (χ3n) is 5.12. The Bertz CT molecular complexity index is 1310. The summed E-state index contributed by atoms with van der Waals surface area (Å²) in [5, 5.41) is 2.67. The highest BCUT2D eigenvalue weighted by Crippen LogP contribution is 2.31. The Hall–Kier alpha value is -3.92. The van der Waals surface area contributed by atoms with E-state index in [9.17, 15) is 22.4 Å². The monoisotopic (exact) mass is 469 g/mol. The minimum Gasteiger partial charge on any atom is -0.497 e. The van der Waals surface area contributed by atoms with Gasteiger partial charge in [-0.2, -0.15) is 0 Å². The number of carbonyl (C=O) groups excluding carboxylic acids is 2. The van der Waals surface area contributed by atoms with Crippen LogP contribution in [0.15, 0.2) is 77.7 Å². The number of hydrogen-bond acceptors (Lipinski definition) is 5. The van der Waals surface area contributed by atoms with E-state index in [1.807, 2.05) is 0 Å². The second-order valence-electron chi connectivity index (χ2n) is 7.18. The van der Waals surface area contributed by atoms with E-state index in [-0.39, 0.29) is 17.1 Å².